The monoisotopic (exact) mass is 480 g/mol. The van der Waals surface area contributed by atoms with E-state index in [-0.39, 0.29) is 23.6 Å². The third-order valence-corrected chi connectivity index (χ3v) is 7.71. The number of Topliss-reactive ketones (excluding diaryl/α,β-unsaturated/α-hetero) is 1. The highest BCUT2D eigenvalue weighted by atomic mass is 16.5. The van der Waals surface area contributed by atoms with Gasteiger partial charge >= 0.3 is 0 Å². The lowest BCUT2D eigenvalue weighted by atomic mass is 9.79. The number of hydrogen-bond donors (Lipinski definition) is 0. The summed E-state index contributed by atoms with van der Waals surface area (Å²) < 4.78 is 5.39. The van der Waals surface area contributed by atoms with E-state index in [9.17, 15) is 14.4 Å². The van der Waals surface area contributed by atoms with Crippen molar-refractivity contribution in [2.24, 2.45) is 17.3 Å². The summed E-state index contributed by atoms with van der Waals surface area (Å²) in [5.74, 6) is -1.27. The van der Waals surface area contributed by atoms with Crippen LogP contribution in [0.5, 0.6) is 5.75 Å². The number of nitrogens with zero attached hydrogens (tertiary/aromatic N) is 2. The molecule has 0 aromatic heterocycles. The van der Waals surface area contributed by atoms with Gasteiger partial charge in [0.2, 0.25) is 11.8 Å². The Morgan fingerprint density at radius 1 is 0.889 bits per heavy atom. The number of carbonyl (C=O) groups excluding carboxylic acids is 3. The molecule has 0 bridgehead atoms. The molecule has 0 spiro atoms. The van der Waals surface area contributed by atoms with Gasteiger partial charge in [-0.3, -0.25) is 14.4 Å². The molecule has 6 nitrogen and oxygen atoms in total. The van der Waals surface area contributed by atoms with E-state index < -0.39 is 23.3 Å². The van der Waals surface area contributed by atoms with Crippen LogP contribution in [0.1, 0.15) is 26.3 Å². The fraction of sp³-hybridized carbons (Fsp3) is 0.300. The van der Waals surface area contributed by atoms with Crippen LogP contribution in [0.25, 0.3) is 16.8 Å². The fourth-order valence-electron chi connectivity index (χ4n) is 5.99. The first-order valence-corrected chi connectivity index (χ1v) is 12.3. The molecule has 3 heterocycles. The second kappa shape index (κ2) is 7.79. The average Bonchev–Trinajstić information content (AvgIpc) is 3.34. The van der Waals surface area contributed by atoms with Crippen molar-refractivity contribution in [2.45, 2.75) is 32.9 Å². The van der Waals surface area contributed by atoms with Crippen molar-refractivity contribution in [3.63, 3.8) is 0 Å². The van der Waals surface area contributed by atoms with Gasteiger partial charge in [0.25, 0.3) is 0 Å². The van der Waals surface area contributed by atoms with E-state index in [1.807, 2.05) is 98.5 Å². The van der Waals surface area contributed by atoms with Crippen molar-refractivity contribution >= 4 is 45.8 Å². The number of methoxy groups -OCH3 is 1. The Morgan fingerprint density at radius 3 is 2.33 bits per heavy atom. The Balaban J connectivity index is 1.48. The summed E-state index contributed by atoms with van der Waals surface area (Å²) in [4.78, 5) is 45.2. The Hall–Kier alpha value is -3.93. The van der Waals surface area contributed by atoms with Gasteiger partial charge in [0, 0.05) is 16.7 Å². The lowest BCUT2D eigenvalue weighted by molar-refractivity contribution is -0.132. The van der Waals surface area contributed by atoms with E-state index in [0.29, 0.717) is 11.4 Å². The summed E-state index contributed by atoms with van der Waals surface area (Å²) in [6.07, 6.45) is 3.93. The van der Waals surface area contributed by atoms with E-state index in [0.717, 1.165) is 22.0 Å². The summed E-state index contributed by atoms with van der Waals surface area (Å²) in [5.41, 5.74) is 1.62. The molecule has 36 heavy (non-hydrogen) atoms. The molecular weight excluding hydrogens is 452 g/mol. The lowest BCUT2D eigenvalue weighted by Crippen LogP contribution is -2.51. The summed E-state index contributed by atoms with van der Waals surface area (Å²) in [6.45, 7) is 5.61. The second-order valence-corrected chi connectivity index (χ2v) is 10.8. The molecule has 3 aromatic rings. The molecule has 6 rings (SSSR count). The quantitative estimate of drug-likeness (QED) is 0.501. The van der Waals surface area contributed by atoms with E-state index in [4.69, 9.17) is 4.74 Å². The molecule has 2 amide bonds. The zero-order chi connectivity index (χ0) is 25.4. The maximum atomic E-state index is 14.0. The van der Waals surface area contributed by atoms with Gasteiger partial charge in [-0.15, -0.1) is 0 Å². The van der Waals surface area contributed by atoms with Crippen LogP contribution in [0.15, 0.2) is 66.7 Å². The van der Waals surface area contributed by atoms with Gasteiger partial charge in [-0.05, 0) is 41.1 Å². The molecule has 1 unspecified atom stereocenters. The zero-order valence-corrected chi connectivity index (χ0v) is 20.8. The fourth-order valence-corrected chi connectivity index (χ4v) is 5.99. The minimum atomic E-state index is -0.751. The van der Waals surface area contributed by atoms with Gasteiger partial charge in [0.1, 0.15) is 11.8 Å². The van der Waals surface area contributed by atoms with Crippen LogP contribution < -0.4 is 14.5 Å². The lowest BCUT2D eigenvalue weighted by Gasteiger charge is -2.38. The van der Waals surface area contributed by atoms with Crippen LogP contribution in [-0.4, -0.2) is 36.8 Å². The first kappa shape index (κ1) is 22.5. The smallest absolute Gasteiger partial charge is 0.240 e. The van der Waals surface area contributed by atoms with E-state index in [1.54, 1.807) is 7.11 Å². The number of anilines is 2. The van der Waals surface area contributed by atoms with Gasteiger partial charge in [-0.25, -0.2) is 4.90 Å². The standard InChI is InChI=1S/C30H28N2O4/c1-30(2,3)27(33)26-25-24(23-13-10-19-16-21(36-4)12-14-22(19)32(23)26)28(34)31(29(25)35)20-11-9-17-7-5-6-8-18(17)15-20/h5-16,23-26H,1-4H3/t23?,24-,25-,26+/m0/s1. The third kappa shape index (κ3) is 3.13. The van der Waals surface area contributed by atoms with E-state index >= 15 is 0 Å². The summed E-state index contributed by atoms with van der Waals surface area (Å²) in [6, 6.07) is 18.0. The van der Waals surface area contributed by atoms with E-state index in [1.165, 1.54) is 4.90 Å². The molecule has 2 fully saturated rings. The van der Waals surface area contributed by atoms with Gasteiger partial charge in [-0.1, -0.05) is 63.3 Å². The predicted molar refractivity (Wildman–Crippen MR) is 140 cm³/mol. The predicted octanol–water partition coefficient (Wildman–Crippen LogP) is 4.85. The Kier molecular flexibility index (Phi) is 4.87. The largest absolute Gasteiger partial charge is 0.497 e. The molecule has 2 saturated heterocycles. The second-order valence-electron chi connectivity index (χ2n) is 10.8. The number of imide groups is 1. The number of benzene rings is 3. The number of ketones is 1. The van der Waals surface area contributed by atoms with E-state index in [2.05, 4.69) is 0 Å². The SMILES string of the molecule is COc1ccc2c(c1)C=CC1[C@@H]3C(=O)N(c4ccc5ccccc5c4)C(=O)[C@@H]3[C@H](C(=O)C(C)(C)C)N21. The van der Waals surface area contributed by atoms with Crippen molar-refractivity contribution < 1.29 is 19.1 Å². The highest BCUT2D eigenvalue weighted by Gasteiger charge is 2.65. The highest BCUT2D eigenvalue weighted by Crippen LogP contribution is 2.51. The number of amides is 2. The minimum absolute atomic E-state index is 0.0430. The number of carbonyl (C=O) groups is 3. The zero-order valence-electron chi connectivity index (χ0n) is 20.8. The van der Waals surface area contributed by atoms with Crippen LogP contribution in [0.4, 0.5) is 11.4 Å². The summed E-state index contributed by atoms with van der Waals surface area (Å²) in [7, 11) is 1.61. The molecular formula is C30H28N2O4. The van der Waals surface area contributed by atoms with Gasteiger partial charge in [0.15, 0.2) is 5.78 Å². The maximum Gasteiger partial charge on any atom is 0.240 e. The number of fused-ring (bicyclic) bond motifs is 6. The Morgan fingerprint density at radius 2 is 1.61 bits per heavy atom. The molecule has 3 aliphatic rings. The molecule has 0 saturated carbocycles. The highest BCUT2D eigenvalue weighted by molar-refractivity contribution is 6.25. The van der Waals surface area contributed by atoms with Crippen molar-refractivity contribution in [3.05, 3.63) is 72.3 Å². The number of hydrogen-bond acceptors (Lipinski definition) is 5. The molecule has 4 atom stereocenters. The third-order valence-electron chi connectivity index (χ3n) is 7.71. The first-order chi connectivity index (χ1) is 17.2. The average molecular weight is 481 g/mol. The van der Waals surface area contributed by atoms with Crippen LogP contribution in [0, 0.1) is 17.3 Å². The van der Waals surface area contributed by atoms with Crippen molar-refractivity contribution in [1.29, 1.82) is 0 Å². The molecule has 0 aliphatic carbocycles. The summed E-state index contributed by atoms with van der Waals surface area (Å²) in [5, 5.41) is 1.99. The van der Waals surface area contributed by atoms with Gasteiger partial charge in [-0.2, -0.15) is 0 Å². The van der Waals surface area contributed by atoms with Crippen LogP contribution in [0.3, 0.4) is 0 Å². The topological polar surface area (TPSA) is 66.9 Å². The van der Waals surface area contributed by atoms with Crippen molar-refractivity contribution in [2.75, 3.05) is 16.9 Å². The number of rotatable bonds is 3. The van der Waals surface area contributed by atoms with Crippen molar-refractivity contribution in [1.82, 2.24) is 0 Å². The summed E-state index contributed by atoms with van der Waals surface area (Å²) >= 11 is 0. The normalized spacial score (nSPS) is 24.7. The van der Waals surface area contributed by atoms with Crippen LogP contribution >= 0.6 is 0 Å². The van der Waals surface area contributed by atoms with Crippen LogP contribution in [-0.2, 0) is 14.4 Å². The minimum Gasteiger partial charge on any atom is -0.497 e. The molecule has 3 aromatic carbocycles. The Labute approximate surface area is 210 Å². The van der Waals surface area contributed by atoms with Crippen LogP contribution in [0.2, 0.25) is 0 Å². The molecule has 0 N–H and O–H groups in total. The van der Waals surface area contributed by atoms with Gasteiger partial charge < -0.3 is 9.64 Å². The van der Waals surface area contributed by atoms with Gasteiger partial charge in [0.05, 0.1) is 30.7 Å². The molecule has 0 radical (unpaired) electrons. The maximum absolute atomic E-state index is 14.0. The number of ether oxygens (including phenoxy) is 1. The first-order valence-electron chi connectivity index (χ1n) is 12.3. The Bertz CT molecular complexity index is 1470. The molecule has 6 heteroatoms. The molecule has 3 aliphatic heterocycles. The molecule has 182 valence electrons. The van der Waals surface area contributed by atoms with Crippen molar-refractivity contribution in [3.8, 4) is 5.75 Å².